The highest BCUT2D eigenvalue weighted by molar-refractivity contribution is 9.18. The molecule has 1 aliphatic rings. The van der Waals surface area contributed by atoms with Crippen LogP contribution >= 0.6 is 15.9 Å². The van der Waals surface area contributed by atoms with E-state index in [1.54, 1.807) is 0 Å². The average molecular weight is 235 g/mol. The molecule has 0 aromatic carbocycles. The molecule has 12 heavy (non-hydrogen) atoms. The van der Waals surface area contributed by atoms with Crippen molar-refractivity contribution in [3.63, 3.8) is 0 Å². The van der Waals surface area contributed by atoms with Crippen LogP contribution in [-0.2, 0) is 4.74 Å². The molecule has 1 fully saturated rings. The lowest BCUT2D eigenvalue weighted by Gasteiger charge is -2.18. The van der Waals surface area contributed by atoms with E-state index in [4.69, 9.17) is 4.74 Å². The van der Waals surface area contributed by atoms with Gasteiger partial charge in [-0.25, -0.2) is 4.79 Å². The Morgan fingerprint density at radius 2 is 1.58 bits per heavy atom. The average Bonchev–Trinajstić information content (AvgIpc) is 1.93. The monoisotopic (exact) mass is 234 g/mol. The molecule has 0 heterocycles. The first kappa shape index (κ1) is 10.0. The maximum absolute atomic E-state index is 10.6. The van der Waals surface area contributed by atoms with Gasteiger partial charge in [0, 0.05) is 15.9 Å². The first-order valence-corrected chi connectivity index (χ1v) is 5.44. The predicted octanol–water partition coefficient (Wildman–Crippen LogP) is 3.63. The topological polar surface area (TPSA) is 26.3 Å². The van der Waals surface area contributed by atoms with Crippen molar-refractivity contribution in [2.24, 2.45) is 0 Å². The van der Waals surface area contributed by atoms with Gasteiger partial charge < -0.3 is 4.74 Å². The molecule has 0 amide bonds. The quantitative estimate of drug-likeness (QED) is 0.648. The molecule has 3 heteroatoms. The van der Waals surface area contributed by atoms with Crippen molar-refractivity contribution >= 4 is 20.8 Å². The summed E-state index contributed by atoms with van der Waals surface area (Å²) in [4.78, 5) is 10.3. The third-order valence-corrected chi connectivity index (χ3v) is 2.50. The molecule has 0 saturated heterocycles. The minimum absolute atomic E-state index is 0.164. The Hall–Kier alpha value is -0.0500. The van der Waals surface area contributed by atoms with Crippen LogP contribution in [-0.4, -0.2) is 11.0 Å². The fraction of sp³-hybridized carbons (Fsp3) is 0.889. The Morgan fingerprint density at radius 1 is 1.08 bits per heavy atom. The third kappa shape index (κ3) is 4.10. The van der Waals surface area contributed by atoms with Crippen LogP contribution in [0, 0.1) is 0 Å². The van der Waals surface area contributed by atoms with Crippen molar-refractivity contribution in [1.82, 2.24) is 0 Å². The van der Waals surface area contributed by atoms with E-state index in [1.165, 1.54) is 32.1 Å². The number of ether oxygens (including phenoxy) is 1. The number of halogens is 1. The van der Waals surface area contributed by atoms with Gasteiger partial charge in [0.2, 0.25) is 0 Å². The number of hydrogen-bond acceptors (Lipinski definition) is 2. The number of rotatable bonds is 1. The molecule has 0 aromatic heterocycles. The highest BCUT2D eigenvalue weighted by atomic mass is 79.9. The van der Waals surface area contributed by atoms with Crippen LogP contribution < -0.4 is 0 Å². The summed E-state index contributed by atoms with van der Waals surface area (Å²) in [6.45, 7) is 0. The Morgan fingerprint density at radius 3 is 2.08 bits per heavy atom. The van der Waals surface area contributed by atoms with Gasteiger partial charge in [-0.15, -0.1) is 0 Å². The summed E-state index contributed by atoms with van der Waals surface area (Å²) in [5.41, 5.74) is 0. The van der Waals surface area contributed by atoms with Gasteiger partial charge in [-0.2, -0.15) is 0 Å². The summed E-state index contributed by atoms with van der Waals surface area (Å²) in [5, 5.41) is 0. The van der Waals surface area contributed by atoms with E-state index in [1.807, 2.05) is 0 Å². The highest BCUT2D eigenvalue weighted by Gasteiger charge is 2.13. The number of hydrogen-bond donors (Lipinski definition) is 0. The SMILES string of the molecule is O=C(Br)OC1CCCCCCC1. The van der Waals surface area contributed by atoms with Crippen LogP contribution in [0.3, 0.4) is 0 Å². The Kier molecular flexibility index (Phi) is 4.66. The van der Waals surface area contributed by atoms with Gasteiger partial charge in [-0.3, -0.25) is 0 Å². The van der Waals surface area contributed by atoms with E-state index >= 15 is 0 Å². The van der Waals surface area contributed by atoms with Crippen LogP contribution in [0.1, 0.15) is 44.9 Å². The van der Waals surface area contributed by atoms with Gasteiger partial charge in [0.15, 0.2) is 0 Å². The molecule has 1 aliphatic carbocycles. The second-order valence-electron chi connectivity index (χ2n) is 3.32. The van der Waals surface area contributed by atoms with E-state index in [9.17, 15) is 4.79 Å². The zero-order valence-corrected chi connectivity index (χ0v) is 8.81. The maximum Gasteiger partial charge on any atom is 0.374 e. The summed E-state index contributed by atoms with van der Waals surface area (Å²) in [5.74, 6) is 0. The lowest BCUT2D eigenvalue weighted by Crippen LogP contribution is -2.15. The Bertz CT molecular complexity index is 139. The standard InChI is InChI=1S/C9H15BrO2/c10-9(11)12-8-6-4-2-1-3-5-7-8/h8H,1-7H2. The summed E-state index contributed by atoms with van der Waals surface area (Å²) in [7, 11) is 0. The van der Waals surface area contributed by atoms with E-state index in [2.05, 4.69) is 15.9 Å². The van der Waals surface area contributed by atoms with Gasteiger partial charge in [0.05, 0.1) is 0 Å². The van der Waals surface area contributed by atoms with Crippen LogP contribution in [0.25, 0.3) is 0 Å². The molecular formula is C9H15BrO2. The van der Waals surface area contributed by atoms with E-state index in [0.717, 1.165) is 12.8 Å². The fourth-order valence-corrected chi connectivity index (χ4v) is 1.93. The smallest absolute Gasteiger partial charge is 0.374 e. The van der Waals surface area contributed by atoms with Crippen molar-refractivity contribution in [3.05, 3.63) is 0 Å². The van der Waals surface area contributed by atoms with E-state index < -0.39 is 0 Å². The largest absolute Gasteiger partial charge is 0.454 e. The van der Waals surface area contributed by atoms with Crippen LogP contribution in [0.4, 0.5) is 4.79 Å². The molecule has 0 atom stereocenters. The van der Waals surface area contributed by atoms with Crippen LogP contribution in [0.15, 0.2) is 0 Å². The molecule has 0 aromatic rings. The molecule has 2 nitrogen and oxygen atoms in total. The minimum atomic E-state index is -0.312. The molecule has 0 aliphatic heterocycles. The molecule has 0 spiro atoms. The summed E-state index contributed by atoms with van der Waals surface area (Å²) >= 11 is 2.79. The Balaban J connectivity index is 2.24. The van der Waals surface area contributed by atoms with E-state index in [0.29, 0.717) is 0 Å². The normalized spacial score (nSPS) is 21.1. The van der Waals surface area contributed by atoms with Crippen molar-refractivity contribution in [1.29, 1.82) is 0 Å². The van der Waals surface area contributed by atoms with Gasteiger partial charge >= 0.3 is 4.88 Å². The highest BCUT2D eigenvalue weighted by Crippen LogP contribution is 2.20. The first-order valence-electron chi connectivity index (χ1n) is 4.65. The van der Waals surface area contributed by atoms with Crippen LogP contribution in [0.2, 0.25) is 0 Å². The zero-order chi connectivity index (χ0) is 8.81. The van der Waals surface area contributed by atoms with Gasteiger partial charge in [-0.1, -0.05) is 19.3 Å². The Labute approximate surface area is 81.8 Å². The molecule has 1 saturated carbocycles. The van der Waals surface area contributed by atoms with Crippen LogP contribution in [0.5, 0.6) is 0 Å². The van der Waals surface area contributed by atoms with Gasteiger partial charge in [-0.05, 0) is 25.7 Å². The summed E-state index contributed by atoms with van der Waals surface area (Å²) < 4.78 is 5.10. The fourth-order valence-electron chi connectivity index (χ4n) is 1.67. The number of carbonyl (C=O) groups excluding carboxylic acids is 1. The van der Waals surface area contributed by atoms with Crippen molar-refractivity contribution in [2.45, 2.75) is 51.0 Å². The molecule has 0 N–H and O–H groups in total. The second kappa shape index (κ2) is 5.57. The molecule has 1 rings (SSSR count). The predicted molar refractivity (Wildman–Crippen MR) is 51.5 cm³/mol. The van der Waals surface area contributed by atoms with Gasteiger partial charge in [0.1, 0.15) is 6.10 Å². The molecule has 0 bridgehead atoms. The van der Waals surface area contributed by atoms with Gasteiger partial charge in [0.25, 0.3) is 0 Å². The first-order chi connectivity index (χ1) is 5.79. The molecular weight excluding hydrogens is 220 g/mol. The maximum atomic E-state index is 10.6. The lowest BCUT2D eigenvalue weighted by molar-refractivity contribution is 0.105. The zero-order valence-electron chi connectivity index (χ0n) is 7.22. The minimum Gasteiger partial charge on any atom is -0.454 e. The lowest BCUT2D eigenvalue weighted by atomic mass is 9.99. The molecule has 0 radical (unpaired) electrons. The summed E-state index contributed by atoms with van der Waals surface area (Å²) in [6.07, 6.45) is 8.56. The third-order valence-electron chi connectivity index (χ3n) is 2.31. The molecule has 70 valence electrons. The van der Waals surface area contributed by atoms with Crippen molar-refractivity contribution in [3.8, 4) is 0 Å². The van der Waals surface area contributed by atoms with Crippen molar-refractivity contribution in [2.75, 3.05) is 0 Å². The molecule has 0 unspecified atom stereocenters. The van der Waals surface area contributed by atoms with E-state index in [-0.39, 0.29) is 11.0 Å². The second-order valence-corrected chi connectivity index (χ2v) is 3.97. The van der Waals surface area contributed by atoms with Crippen molar-refractivity contribution < 1.29 is 9.53 Å². The number of carbonyl (C=O) groups is 1. The summed E-state index contributed by atoms with van der Waals surface area (Å²) in [6, 6.07) is 0.